The number of halogens is 1. The summed E-state index contributed by atoms with van der Waals surface area (Å²) >= 11 is 0. The van der Waals surface area contributed by atoms with Crippen molar-refractivity contribution in [2.75, 3.05) is 32.7 Å². The van der Waals surface area contributed by atoms with Crippen LogP contribution in [0.15, 0.2) is 29.2 Å². The van der Waals surface area contributed by atoms with Crippen LogP contribution < -0.4 is 0 Å². The monoisotopic (exact) mass is 283 g/mol. The molecule has 0 bridgehead atoms. The van der Waals surface area contributed by atoms with Gasteiger partial charge in [0.1, 0.15) is 10.7 Å². The number of hydrogen-bond donors (Lipinski definition) is 0. The average Bonchev–Trinajstić information content (AvgIpc) is 2.40. The van der Waals surface area contributed by atoms with Gasteiger partial charge >= 0.3 is 0 Å². The molecule has 0 atom stereocenters. The van der Waals surface area contributed by atoms with Crippen molar-refractivity contribution in [3.63, 3.8) is 0 Å². The fourth-order valence-electron chi connectivity index (χ4n) is 2.02. The lowest BCUT2D eigenvalue weighted by atomic mass is 10.3. The summed E-state index contributed by atoms with van der Waals surface area (Å²) in [7, 11) is -3.78. The van der Waals surface area contributed by atoms with Gasteiger partial charge in [-0.2, -0.15) is 9.57 Å². The third kappa shape index (κ3) is 2.92. The molecule has 1 fully saturated rings. The van der Waals surface area contributed by atoms with Gasteiger partial charge in [-0.3, -0.25) is 4.90 Å². The minimum atomic E-state index is -3.78. The van der Waals surface area contributed by atoms with E-state index >= 15 is 0 Å². The third-order valence-electron chi connectivity index (χ3n) is 3.08. The minimum absolute atomic E-state index is 0.276. The minimum Gasteiger partial charge on any atom is -0.288 e. The highest BCUT2D eigenvalue weighted by molar-refractivity contribution is 7.89. The average molecular weight is 283 g/mol. The van der Waals surface area contributed by atoms with Crippen molar-refractivity contribution in [3.8, 4) is 6.07 Å². The van der Waals surface area contributed by atoms with E-state index in [9.17, 15) is 12.8 Å². The van der Waals surface area contributed by atoms with Gasteiger partial charge in [0.2, 0.25) is 10.0 Å². The Labute approximate surface area is 111 Å². The summed E-state index contributed by atoms with van der Waals surface area (Å²) in [5.74, 6) is -0.734. The molecule has 2 rings (SSSR count). The lowest BCUT2D eigenvalue weighted by Gasteiger charge is -2.32. The molecule has 102 valence electrons. The van der Waals surface area contributed by atoms with Crippen LogP contribution in [0.4, 0.5) is 4.39 Å². The highest BCUT2D eigenvalue weighted by atomic mass is 32.2. The summed E-state index contributed by atoms with van der Waals surface area (Å²) in [5.41, 5.74) is 0. The maximum Gasteiger partial charge on any atom is 0.246 e. The summed E-state index contributed by atoms with van der Waals surface area (Å²) in [5, 5.41) is 8.59. The Bertz CT molecular complexity index is 589. The van der Waals surface area contributed by atoms with Crippen molar-refractivity contribution in [2.24, 2.45) is 0 Å². The number of hydrogen-bond acceptors (Lipinski definition) is 4. The second-order valence-corrected chi connectivity index (χ2v) is 6.18. The van der Waals surface area contributed by atoms with E-state index in [-0.39, 0.29) is 24.5 Å². The van der Waals surface area contributed by atoms with Crippen LogP contribution in [0, 0.1) is 17.1 Å². The Kier molecular flexibility index (Phi) is 4.14. The normalized spacial score (nSPS) is 18.1. The summed E-state index contributed by atoms with van der Waals surface area (Å²) in [4.78, 5) is 1.58. The first-order valence-corrected chi connectivity index (χ1v) is 7.33. The van der Waals surface area contributed by atoms with E-state index in [0.717, 1.165) is 6.07 Å². The van der Waals surface area contributed by atoms with E-state index in [4.69, 9.17) is 5.26 Å². The highest BCUT2D eigenvalue weighted by Crippen LogP contribution is 2.20. The first-order chi connectivity index (χ1) is 9.05. The smallest absolute Gasteiger partial charge is 0.246 e. The Hall–Kier alpha value is -1.49. The van der Waals surface area contributed by atoms with Crippen LogP contribution >= 0.6 is 0 Å². The molecular weight excluding hydrogens is 269 g/mol. The molecule has 1 heterocycles. The molecule has 1 saturated heterocycles. The number of benzene rings is 1. The van der Waals surface area contributed by atoms with Crippen LogP contribution in [0.1, 0.15) is 0 Å². The summed E-state index contributed by atoms with van der Waals surface area (Å²) < 4.78 is 39.4. The van der Waals surface area contributed by atoms with Crippen LogP contribution in [-0.4, -0.2) is 50.3 Å². The molecule has 1 aromatic carbocycles. The van der Waals surface area contributed by atoms with E-state index in [2.05, 4.69) is 0 Å². The Balaban J connectivity index is 2.15. The van der Waals surface area contributed by atoms with Crippen LogP contribution in [-0.2, 0) is 10.0 Å². The molecule has 0 amide bonds. The van der Waals surface area contributed by atoms with Gasteiger partial charge < -0.3 is 0 Å². The van der Waals surface area contributed by atoms with Gasteiger partial charge in [-0.15, -0.1) is 0 Å². The van der Waals surface area contributed by atoms with Gasteiger partial charge in [0, 0.05) is 26.2 Å². The lowest BCUT2D eigenvalue weighted by molar-refractivity contribution is 0.206. The molecule has 1 aliphatic heterocycles. The Morgan fingerprint density at radius 1 is 1.21 bits per heavy atom. The zero-order chi connectivity index (χ0) is 13.9. The number of nitriles is 1. The quantitative estimate of drug-likeness (QED) is 0.764. The second kappa shape index (κ2) is 5.65. The van der Waals surface area contributed by atoms with Gasteiger partial charge in [0.15, 0.2) is 0 Å². The predicted molar refractivity (Wildman–Crippen MR) is 67.2 cm³/mol. The fraction of sp³-hybridized carbons (Fsp3) is 0.417. The lowest BCUT2D eigenvalue weighted by Crippen LogP contribution is -2.48. The van der Waals surface area contributed by atoms with Crippen molar-refractivity contribution >= 4 is 10.0 Å². The van der Waals surface area contributed by atoms with Crippen LogP contribution in [0.3, 0.4) is 0 Å². The van der Waals surface area contributed by atoms with Crippen molar-refractivity contribution in [1.82, 2.24) is 9.21 Å². The molecule has 19 heavy (non-hydrogen) atoms. The molecule has 7 heteroatoms. The molecule has 0 saturated carbocycles. The van der Waals surface area contributed by atoms with E-state index in [1.54, 1.807) is 0 Å². The first-order valence-electron chi connectivity index (χ1n) is 5.89. The number of nitrogens with zero attached hydrogens (tertiary/aromatic N) is 3. The number of rotatable bonds is 3. The second-order valence-electron chi connectivity index (χ2n) is 4.27. The van der Waals surface area contributed by atoms with E-state index in [1.165, 1.54) is 22.5 Å². The van der Waals surface area contributed by atoms with E-state index < -0.39 is 15.8 Å². The highest BCUT2D eigenvalue weighted by Gasteiger charge is 2.30. The summed E-state index contributed by atoms with van der Waals surface area (Å²) in [6.45, 7) is 1.81. The molecule has 1 aliphatic rings. The van der Waals surface area contributed by atoms with Gasteiger partial charge in [0.25, 0.3) is 0 Å². The van der Waals surface area contributed by atoms with Gasteiger partial charge in [0.05, 0.1) is 12.6 Å². The molecule has 5 nitrogen and oxygen atoms in total. The van der Waals surface area contributed by atoms with Gasteiger partial charge in [-0.05, 0) is 12.1 Å². The SMILES string of the molecule is N#CCN1CCN(S(=O)(=O)c2ccccc2F)CC1. The van der Waals surface area contributed by atoms with Crippen LogP contribution in [0.2, 0.25) is 0 Å². The predicted octanol–water partition coefficient (Wildman–Crippen LogP) is 0.656. The third-order valence-corrected chi connectivity index (χ3v) is 5.01. The zero-order valence-corrected chi connectivity index (χ0v) is 11.1. The molecule has 0 spiro atoms. The van der Waals surface area contributed by atoms with Crippen LogP contribution in [0.5, 0.6) is 0 Å². The van der Waals surface area contributed by atoms with E-state index in [0.29, 0.717) is 13.1 Å². The molecular formula is C12H14FN3O2S. The molecule has 0 aromatic heterocycles. The standard InChI is InChI=1S/C12H14FN3O2S/c13-11-3-1-2-4-12(11)19(17,18)16-9-7-15(6-5-14)8-10-16/h1-4H,6-10H2. The molecule has 1 aromatic rings. The van der Waals surface area contributed by atoms with Crippen molar-refractivity contribution in [2.45, 2.75) is 4.90 Å². The van der Waals surface area contributed by atoms with Crippen molar-refractivity contribution in [1.29, 1.82) is 5.26 Å². The largest absolute Gasteiger partial charge is 0.288 e. The summed E-state index contributed by atoms with van der Waals surface area (Å²) in [6.07, 6.45) is 0. The maximum absolute atomic E-state index is 13.6. The van der Waals surface area contributed by atoms with E-state index in [1.807, 2.05) is 11.0 Å². The summed E-state index contributed by atoms with van der Waals surface area (Å²) in [6, 6.07) is 7.40. The number of sulfonamides is 1. The van der Waals surface area contributed by atoms with Gasteiger partial charge in [-0.25, -0.2) is 12.8 Å². The topological polar surface area (TPSA) is 64.4 Å². The van der Waals surface area contributed by atoms with Crippen LogP contribution in [0.25, 0.3) is 0 Å². The maximum atomic E-state index is 13.6. The molecule has 0 aliphatic carbocycles. The molecule has 0 radical (unpaired) electrons. The number of piperazine rings is 1. The van der Waals surface area contributed by atoms with Gasteiger partial charge in [-0.1, -0.05) is 12.1 Å². The van der Waals surface area contributed by atoms with Crippen molar-refractivity contribution in [3.05, 3.63) is 30.1 Å². The van der Waals surface area contributed by atoms with Crippen molar-refractivity contribution < 1.29 is 12.8 Å². The first kappa shape index (κ1) is 13.9. The molecule has 0 N–H and O–H groups in total. The molecule has 0 unspecified atom stereocenters. The Morgan fingerprint density at radius 2 is 1.84 bits per heavy atom. The fourth-order valence-corrected chi connectivity index (χ4v) is 3.51. The Morgan fingerprint density at radius 3 is 2.42 bits per heavy atom. The zero-order valence-electron chi connectivity index (χ0n) is 10.3.